The van der Waals surface area contributed by atoms with Crippen molar-refractivity contribution in [3.8, 4) is 0 Å². The lowest BCUT2D eigenvalue weighted by molar-refractivity contribution is -0.145. The lowest BCUT2D eigenvalue weighted by Gasteiger charge is -2.36. The van der Waals surface area contributed by atoms with Gasteiger partial charge in [0.15, 0.2) is 11.5 Å². The van der Waals surface area contributed by atoms with Crippen molar-refractivity contribution in [2.24, 2.45) is 29.4 Å². The molecule has 0 spiro atoms. The van der Waals surface area contributed by atoms with Crippen LogP contribution in [0.2, 0.25) is 0 Å². The number of rotatable bonds is 12. The lowest BCUT2D eigenvalue weighted by Crippen LogP contribution is -2.54. The molecule has 1 saturated carbocycles. The second-order valence-electron chi connectivity index (χ2n) is 10.3. The van der Waals surface area contributed by atoms with Crippen molar-refractivity contribution in [3.63, 3.8) is 0 Å². The zero-order valence-corrected chi connectivity index (χ0v) is 23.6. The maximum atomic E-state index is 11.6. The Bertz CT molecular complexity index is 1230. The molecule has 16 heteroatoms. The normalized spacial score (nSPS) is 21.0. The molecule has 2 aromatic heterocycles. The van der Waals surface area contributed by atoms with Gasteiger partial charge in [-0.3, -0.25) is 19.8 Å². The fourth-order valence-corrected chi connectivity index (χ4v) is 5.41. The number of guanidine groups is 1. The van der Waals surface area contributed by atoms with E-state index in [2.05, 4.69) is 25.6 Å². The van der Waals surface area contributed by atoms with Crippen LogP contribution in [0.1, 0.15) is 46.5 Å². The van der Waals surface area contributed by atoms with E-state index in [1.807, 2.05) is 13.8 Å². The Hall–Kier alpha value is -3.76. The number of imidazole rings is 1. The number of amides is 1. The smallest absolute Gasteiger partial charge is 0.309 e. The first-order chi connectivity index (χ1) is 19.4. The summed E-state index contributed by atoms with van der Waals surface area (Å²) in [4.78, 5) is 44.8. The van der Waals surface area contributed by atoms with E-state index in [1.165, 1.54) is 13.3 Å². The molecule has 12 N–H and O–H groups in total. The summed E-state index contributed by atoms with van der Waals surface area (Å²) in [6.45, 7) is 5.74. The molecular formula is C25H43N9O7. The summed E-state index contributed by atoms with van der Waals surface area (Å²) < 4.78 is 1.72. The van der Waals surface area contributed by atoms with Gasteiger partial charge >= 0.3 is 11.5 Å². The summed E-state index contributed by atoms with van der Waals surface area (Å²) in [5.41, 5.74) is 11.1. The Morgan fingerprint density at radius 1 is 1.27 bits per heavy atom. The highest BCUT2D eigenvalue weighted by molar-refractivity contribution is 5.76. The van der Waals surface area contributed by atoms with E-state index in [-0.39, 0.29) is 60.8 Å². The SMILES string of the molecule is CCC(CC)C(NC(C)=O)[C@@H]1[C@H](O)[C@@H](C(=O)O)C[C@H]1NC(=N)N.Nc1nc(=O)c2ncn(CCC(CO)CO)c2[nH]1. The molecule has 5 atom stereocenters. The van der Waals surface area contributed by atoms with Gasteiger partial charge in [0.25, 0.3) is 0 Å². The number of nitrogen functional groups attached to an aromatic ring is 1. The number of carboxylic acids is 1. The van der Waals surface area contributed by atoms with Crippen LogP contribution in [-0.2, 0) is 16.1 Å². The molecule has 2 heterocycles. The van der Waals surface area contributed by atoms with Crippen molar-refractivity contribution in [1.29, 1.82) is 5.41 Å². The topological polar surface area (TPSA) is 279 Å². The quantitative estimate of drug-likeness (QED) is 0.102. The Morgan fingerprint density at radius 3 is 2.41 bits per heavy atom. The van der Waals surface area contributed by atoms with Crippen LogP contribution in [0.15, 0.2) is 11.1 Å². The summed E-state index contributed by atoms with van der Waals surface area (Å²) in [7, 11) is 0. The van der Waals surface area contributed by atoms with Crippen molar-refractivity contribution < 1.29 is 30.0 Å². The van der Waals surface area contributed by atoms with E-state index in [4.69, 9.17) is 27.1 Å². The van der Waals surface area contributed by atoms with Gasteiger partial charge in [0.2, 0.25) is 11.9 Å². The summed E-state index contributed by atoms with van der Waals surface area (Å²) in [6, 6.07) is -0.847. The van der Waals surface area contributed by atoms with Crippen LogP contribution in [0.25, 0.3) is 11.2 Å². The number of carboxylic acid groups (broad SMARTS) is 1. The Kier molecular flexibility index (Phi) is 12.5. The van der Waals surface area contributed by atoms with Gasteiger partial charge in [-0.25, -0.2) is 4.98 Å². The fraction of sp³-hybridized carbons (Fsp3) is 0.680. The summed E-state index contributed by atoms with van der Waals surface area (Å²) in [5, 5.41) is 50.9. The molecule has 1 amide bonds. The largest absolute Gasteiger partial charge is 0.481 e. The maximum absolute atomic E-state index is 11.6. The van der Waals surface area contributed by atoms with Gasteiger partial charge in [0.05, 0.1) is 18.3 Å². The minimum Gasteiger partial charge on any atom is -0.481 e. The number of nitrogens with two attached hydrogens (primary N) is 2. The molecule has 0 radical (unpaired) electrons. The standard InChI is InChI=1S/C15H28N4O4.C10H15N5O3/c1-4-8(5-2)12(18-7(3)20)11-10(19-15(16)17)6-9(13(11)21)14(22)23;11-10-13-8-7(9(18)14-10)12-5-15(8)2-1-6(3-16)4-17/h8-13,21H,4-6H2,1-3H3,(H,18,20)(H,22,23)(H4,16,17,19);5-6,16-17H,1-4H2,(H3,11,13,14,18)/t9-,10+,11+,12?,13+;/m0./s1. The third-order valence-corrected chi connectivity index (χ3v) is 7.58. The van der Waals surface area contributed by atoms with Crippen LogP contribution in [0.3, 0.4) is 0 Å². The molecule has 1 aliphatic carbocycles. The average Bonchev–Trinajstić information content (AvgIpc) is 3.45. The predicted octanol–water partition coefficient (Wildman–Crippen LogP) is -1.45. The van der Waals surface area contributed by atoms with E-state index in [0.29, 0.717) is 18.6 Å². The number of aromatic nitrogens is 4. The number of hydrogen-bond acceptors (Lipinski definition) is 10. The number of carbonyl (C=O) groups is 2. The van der Waals surface area contributed by atoms with Crippen molar-refractivity contribution >= 4 is 34.9 Å². The van der Waals surface area contributed by atoms with Crippen molar-refractivity contribution in [2.45, 2.75) is 71.2 Å². The molecular weight excluding hydrogens is 538 g/mol. The number of hydrogen-bond donors (Lipinski definition) is 10. The summed E-state index contributed by atoms with van der Waals surface area (Å²) >= 11 is 0. The highest BCUT2D eigenvalue weighted by atomic mass is 16.4. The minimum atomic E-state index is -1.11. The van der Waals surface area contributed by atoms with Gasteiger partial charge in [-0.15, -0.1) is 0 Å². The van der Waals surface area contributed by atoms with Crippen LogP contribution in [0.4, 0.5) is 5.95 Å². The van der Waals surface area contributed by atoms with E-state index in [9.17, 15) is 24.6 Å². The number of aliphatic carboxylic acids is 1. The van der Waals surface area contributed by atoms with E-state index >= 15 is 0 Å². The number of aryl methyl sites for hydroxylation is 1. The number of fused-ring (bicyclic) bond motifs is 1. The molecule has 2 aromatic rings. The van der Waals surface area contributed by atoms with Gasteiger partial charge in [0.1, 0.15) is 5.65 Å². The van der Waals surface area contributed by atoms with Crippen LogP contribution < -0.4 is 27.7 Å². The number of nitrogens with one attached hydrogen (secondary N) is 4. The van der Waals surface area contributed by atoms with E-state index in [0.717, 1.165) is 12.8 Å². The Morgan fingerprint density at radius 2 is 1.90 bits per heavy atom. The first-order valence-electron chi connectivity index (χ1n) is 13.6. The minimum absolute atomic E-state index is 0.0371. The first kappa shape index (κ1) is 33.4. The fourth-order valence-electron chi connectivity index (χ4n) is 5.41. The summed E-state index contributed by atoms with van der Waals surface area (Å²) in [5.74, 6) is -3.10. The number of carbonyl (C=O) groups excluding carboxylic acids is 1. The molecule has 3 rings (SSSR count). The lowest BCUT2D eigenvalue weighted by atomic mass is 9.80. The number of aromatic amines is 1. The number of nitrogens with zero attached hydrogens (tertiary/aromatic N) is 3. The third kappa shape index (κ3) is 8.61. The molecule has 41 heavy (non-hydrogen) atoms. The molecule has 0 aliphatic heterocycles. The van der Waals surface area contributed by atoms with Crippen molar-refractivity contribution in [1.82, 2.24) is 30.2 Å². The Balaban J connectivity index is 0.000000295. The van der Waals surface area contributed by atoms with Gasteiger partial charge < -0.3 is 52.1 Å². The predicted molar refractivity (Wildman–Crippen MR) is 151 cm³/mol. The monoisotopic (exact) mass is 581 g/mol. The zero-order valence-electron chi connectivity index (χ0n) is 23.6. The van der Waals surface area contributed by atoms with Crippen molar-refractivity contribution in [3.05, 3.63) is 16.7 Å². The molecule has 230 valence electrons. The second kappa shape index (κ2) is 15.3. The van der Waals surface area contributed by atoms with Crippen LogP contribution in [0, 0.1) is 29.1 Å². The number of H-pyrrole nitrogens is 1. The average molecular weight is 582 g/mol. The third-order valence-electron chi connectivity index (χ3n) is 7.58. The number of aliphatic hydroxyl groups excluding tert-OH is 3. The molecule has 1 fully saturated rings. The zero-order chi connectivity index (χ0) is 30.9. The Labute approximate surface area is 237 Å². The van der Waals surface area contributed by atoms with Crippen molar-refractivity contribution in [2.75, 3.05) is 18.9 Å². The molecule has 16 nitrogen and oxygen atoms in total. The number of aliphatic hydroxyl groups is 3. The molecule has 0 aromatic carbocycles. The molecule has 1 aliphatic rings. The maximum Gasteiger partial charge on any atom is 0.309 e. The van der Waals surface area contributed by atoms with Crippen LogP contribution >= 0.6 is 0 Å². The van der Waals surface area contributed by atoms with Crippen LogP contribution in [-0.4, -0.2) is 89.2 Å². The van der Waals surface area contributed by atoms with Gasteiger partial charge in [0, 0.05) is 50.6 Å². The van der Waals surface area contributed by atoms with Crippen LogP contribution in [0.5, 0.6) is 0 Å². The molecule has 0 saturated heterocycles. The molecule has 1 unspecified atom stereocenters. The second-order valence-corrected chi connectivity index (χ2v) is 10.3. The molecule has 0 bridgehead atoms. The highest BCUT2D eigenvalue weighted by Crippen LogP contribution is 2.37. The number of anilines is 1. The first-order valence-corrected chi connectivity index (χ1v) is 13.6. The van der Waals surface area contributed by atoms with Gasteiger partial charge in [-0.1, -0.05) is 26.7 Å². The van der Waals surface area contributed by atoms with Gasteiger partial charge in [-0.05, 0) is 18.8 Å². The highest BCUT2D eigenvalue weighted by Gasteiger charge is 2.50. The van der Waals surface area contributed by atoms with Gasteiger partial charge in [-0.2, -0.15) is 4.98 Å². The summed E-state index contributed by atoms with van der Waals surface area (Å²) in [6.07, 6.45) is 2.71. The van der Waals surface area contributed by atoms with E-state index in [1.54, 1.807) is 4.57 Å². The van der Waals surface area contributed by atoms with E-state index < -0.39 is 35.5 Å².